The molecule has 27 heavy (non-hydrogen) atoms. The normalized spacial score (nSPS) is 18.1. The molecule has 2 aromatic rings. The Labute approximate surface area is 159 Å². The van der Waals surface area contributed by atoms with Crippen LogP contribution in [0.5, 0.6) is 5.75 Å². The van der Waals surface area contributed by atoms with E-state index in [1.165, 1.54) is 0 Å². The van der Waals surface area contributed by atoms with Crippen LogP contribution in [-0.4, -0.2) is 31.0 Å². The average Bonchev–Trinajstić information content (AvgIpc) is 2.92. The van der Waals surface area contributed by atoms with Gasteiger partial charge in [-0.05, 0) is 30.7 Å². The predicted molar refractivity (Wildman–Crippen MR) is 104 cm³/mol. The van der Waals surface area contributed by atoms with Gasteiger partial charge in [0.2, 0.25) is 11.3 Å². The molecule has 0 saturated heterocycles. The van der Waals surface area contributed by atoms with Gasteiger partial charge in [-0.3, -0.25) is 4.79 Å². The third-order valence-electron chi connectivity index (χ3n) is 4.81. The van der Waals surface area contributed by atoms with Crippen molar-refractivity contribution in [2.24, 2.45) is 0 Å². The zero-order valence-corrected chi connectivity index (χ0v) is 15.6. The third-order valence-corrected chi connectivity index (χ3v) is 4.81. The van der Waals surface area contributed by atoms with Gasteiger partial charge in [0, 0.05) is 24.2 Å². The molecule has 0 bridgehead atoms. The van der Waals surface area contributed by atoms with Crippen molar-refractivity contribution in [3.05, 3.63) is 72.3 Å². The molecule has 2 aromatic carbocycles. The highest BCUT2D eigenvalue weighted by atomic mass is 16.5. The Morgan fingerprint density at radius 2 is 1.96 bits per heavy atom. The molecule has 3 rings (SSSR count). The van der Waals surface area contributed by atoms with Gasteiger partial charge in [0.15, 0.2) is 0 Å². The monoisotopic (exact) mass is 365 g/mol. The quantitative estimate of drug-likeness (QED) is 0.425. The minimum atomic E-state index is -1.46. The number of benzene rings is 2. The number of rotatable bonds is 7. The van der Waals surface area contributed by atoms with Crippen LogP contribution in [0.1, 0.15) is 29.3 Å². The number of Topliss-reactive ketones (excluding diaryl/α,β-unsaturated/α-hetero) is 1. The van der Waals surface area contributed by atoms with Crippen LogP contribution in [0.15, 0.2) is 61.2 Å². The van der Waals surface area contributed by atoms with E-state index in [4.69, 9.17) is 9.47 Å². The number of ketones is 1. The van der Waals surface area contributed by atoms with Crippen LogP contribution in [0.3, 0.4) is 0 Å². The molecule has 0 fully saturated rings. The second-order valence-corrected chi connectivity index (χ2v) is 6.36. The summed E-state index contributed by atoms with van der Waals surface area (Å²) in [5.41, 5.74) is 0.689. The summed E-state index contributed by atoms with van der Waals surface area (Å²) < 4.78 is 10.6. The standard InChI is InChI=1S/C22H23NO4/c1-4-13-22(21(25)27-5-2)20(24)18-14-17(26-3)11-12-19(18)23(22)15-16-9-7-6-8-10-16/h4,6-12,14H,1,5,13,15H2,2-3H3. The lowest BCUT2D eigenvalue weighted by Crippen LogP contribution is -2.57. The molecule has 5 nitrogen and oxygen atoms in total. The summed E-state index contributed by atoms with van der Waals surface area (Å²) in [7, 11) is 1.55. The number of hydrogen-bond donors (Lipinski definition) is 0. The van der Waals surface area contributed by atoms with Crippen molar-refractivity contribution in [3.63, 3.8) is 0 Å². The Kier molecular flexibility index (Phi) is 5.31. The molecule has 0 aromatic heterocycles. The van der Waals surface area contributed by atoms with Crippen molar-refractivity contribution >= 4 is 17.4 Å². The summed E-state index contributed by atoms with van der Waals surface area (Å²) in [5, 5.41) is 0. The van der Waals surface area contributed by atoms with E-state index in [0.29, 0.717) is 23.5 Å². The molecule has 1 heterocycles. The number of hydrogen-bond acceptors (Lipinski definition) is 5. The number of carbonyl (C=O) groups is 2. The highest BCUT2D eigenvalue weighted by Crippen LogP contribution is 2.44. The van der Waals surface area contributed by atoms with E-state index in [1.54, 1.807) is 32.2 Å². The Balaban J connectivity index is 2.17. The zero-order chi connectivity index (χ0) is 19.4. The minimum Gasteiger partial charge on any atom is -0.497 e. The van der Waals surface area contributed by atoms with Crippen molar-refractivity contribution in [2.75, 3.05) is 18.6 Å². The molecule has 0 amide bonds. The molecule has 0 radical (unpaired) electrons. The van der Waals surface area contributed by atoms with Crippen LogP contribution in [0.2, 0.25) is 0 Å². The highest BCUT2D eigenvalue weighted by Gasteiger charge is 2.57. The number of anilines is 1. The van der Waals surface area contributed by atoms with Gasteiger partial charge in [-0.2, -0.15) is 0 Å². The van der Waals surface area contributed by atoms with E-state index < -0.39 is 11.5 Å². The maximum atomic E-state index is 13.4. The largest absolute Gasteiger partial charge is 0.497 e. The van der Waals surface area contributed by atoms with E-state index in [2.05, 4.69) is 6.58 Å². The SMILES string of the molecule is C=CCC1(C(=O)OCC)C(=O)c2cc(OC)ccc2N1Cc1ccccc1. The molecule has 1 unspecified atom stereocenters. The lowest BCUT2D eigenvalue weighted by molar-refractivity contribution is -0.147. The molecule has 140 valence electrons. The van der Waals surface area contributed by atoms with Crippen LogP contribution in [0, 0.1) is 0 Å². The number of carbonyl (C=O) groups excluding carboxylic acids is 2. The molecule has 1 aliphatic rings. The fourth-order valence-electron chi connectivity index (χ4n) is 3.54. The third kappa shape index (κ3) is 3.10. The first-order chi connectivity index (χ1) is 13.1. The van der Waals surface area contributed by atoms with Gasteiger partial charge in [-0.15, -0.1) is 6.58 Å². The maximum Gasteiger partial charge on any atom is 0.340 e. The first kappa shape index (κ1) is 18.7. The molecular formula is C22H23NO4. The molecule has 0 saturated carbocycles. The summed E-state index contributed by atoms with van der Waals surface area (Å²) in [6.45, 7) is 6.11. The van der Waals surface area contributed by atoms with Gasteiger partial charge in [-0.1, -0.05) is 36.4 Å². The number of methoxy groups -OCH3 is 1. The molecule has 1 atom stereocenters. The number of fused-ring (bicyclic) bond motifs is 1. The fourth-order valence-corrected chi connectivity index (χ4v) is 3.54. The summed E-state index contributed by atoms with van der Waals surface area (Å²) in [4.78, 5) is 28.3. The van der Waals surface area contributed by atoms with Crippen molar-refractivity contribution in [2.45, 2.75) is 25.4 Å². The summed E-state index contributed by atoms with van der Waals surface area (Å²) >= 11 is 0. The summed E-state index contributed by atoms with van der Waals surface area (Å²) in [5.74, 6) is -0.272. The van der Waals surface area contributed by atoms with Gasteiger partial charge < -0.3 is 14.4 Å². The topological polar surface area (TPSA) is 55.8 Å². The second-order valence-electron chi connectivity index (χ2n) is 6.36. The molecule has 0 N–H and O–H groups in total. The van der Waals surface area contributed by atoms with Crippen molar-refractivity contribution in [1.82, 2.24) is 0 Å². The lowest BCUT2D eigenvalue weighted by atomic mass is 9.88. The number of ether oxygens (including phenoxy) is 2. The Morgan fingerprint density at radius 3 is 2.59 bits per heavy atom. The van der Waals surface area contributed by atoms with Gasteiger partial charge in [0.25, 0.3) is 0 Å². The van der Waals surface area contributed by atoms with Crippen molar-refractivity contribution in [3.8, 4) is 5.75 Å². The number of esters is 1. The van der Waals surface area contributed by atoms with E-state index >= 15 is 0 Å². The van der Waals surface area contributed by atoms with Gasteiger partial charge >= 0.3 is 5.97 Å². The predicted octanol–water partition coefficient (Wildman–Crippen LogP) is 3.78. The van der Waals surface area contributed by atoms with Crippen LogP contribution in [-0.2, 0) is 16.1 Å². The molecule has 1 aliphatic heterocycles. The minimum absolute atomic E-state index is 0.161. The van der Waals surface area contributed by atoms with Crippen molar-refractivity contribution in [1.29, 1.82) is 0 Å². The van der Waals surface area contributed by atoms with Crippen LogP contribution in [0.25, 0.3) is 0 Å². The smallest absolute Gasteiger partial charge is 0.340 e. The Hall–Kier alpha value is -3.08. The second kappa shape index (κ2) is 7.66. The van der Waals surface area contributed by atoms with E-state index in [0.717, 1.165) is 5.56 Å². The van der Waals surface area contributed by atoms with E-state index in [-0.39, 0.29) is 18.8 Å². The van der Waals surface area contributed by atoms with Gasteiger partial charge in [0.05, 0.1) is 13.7 Å². The van der Waals surface area contributed by atoms with E-state index in [1.807, 2.05) is 41.3 Å². The Bertz CT molecular complexity index is 862. The van der Waals surface area contributed by atoms with Gasteiger partial charge in [0.1, 0.15) is 5.75 Å². The fraction of sp³-hybridized carbons (Fsp3) is 0.273. The van der Waals surface area contributed by atoms with E-state index in [9.17, 15) is 9.59 Å². The first-order valence-electron chi connectivity index (χ1n) is 8.91. The lowest BCUT2D eigenvalue weighted by Gasteiger charge is -2.36. The maximum absolute atomic E-state index is 13.4. The average molecular weight is 365 g/mol. The van der Waals surface area contributed by atoms with Gasteiger partial charge in [-0.25, -0.2) is 4.79 Å². The molecular weight excluding hydrogens is 342 g/mol. The molecule has 5 heteroatoms. The summed E-state index contributed by atoms with van der Waals surface area (Å²) in [6.07, 6.45) is 1.75. The van der Waals surface area contributed by atoms with Crippen LogP contribution in [0.4, 0.5) is 5.69 Å². The molecule has 0 spiro atoms. The van der Waals surface area contributed by atoms with Crippen molar-refractivity contribution < 1.29 is 19.1 Å². The molecule has 0 aliphatic carbocycles. The first-order valence-corrected chi connectivity index (χ1v) is 8.91. The Morgan fingerprint density at radius 1 is 1.22 bits per heavy atom. The number of nitrogens with zero attached hydrogens (tertiary/aromatic N) is 1. The summed E-state index contributed by atoms with van der Waals surface area (Å²) in [6, 6.07) is 15.0. The zero-order valence-electron chi connectivity index (χ0n) is 15.6. The van der Waals surface area contributed by atoms with Crippen LogP contribution < -0.4 is 9.64 Å². The highest BCUT2D eigenvalue weighted by molar-refractivity contribution is 6.25. The van der Waals surface area contributed by atoms with Crippen LogP contribution >= 0.6 is 0 Å².